The van der Waals surface area contributed by atoms with Gasteiger partial charge in [0.1, 0.15) is 23.4 Å². The van der Waals surface area contributed by atoms with E-state index in [1.54, 1.807) is 30.2 Å². The van der Waals surface area contributed by atoms with Crippen LogP contribution in [0.5, 0.6) is 5.75 Å². The molecule has 2 aliphatic rings. The quantitative estimate of drug-likeness (QED) is 0.190. The molecule has 1 fully saturated rings. The number of amides is 1. The van der Waals surface area contributed by atoms with Crippen molar-refractivity contribution in [2.45, 2.75) is 50.6 Å². The van der Waals surface area contributed by atoms with Gasteiger partial charge in [0, 0.05) is 25.2 Å². The Hall–Kier alpha value is -3.52. The second kappa shape index (κ2) is 13.9. The molecule has 1 spiro atoms. The normalized spacial score (nSPS) is 17.7. The number of aryl methyl sites for hydroxylation is 2. The maximum Gasteiger partial charge on any atom is 0.416 e. The van der Waals surface area contributed by atoms with Crippen molar-refractivity contribution in [2.75, 3.05) is 39.0 Å². The summed E-state index contributed by atoms with van der Waals surface area (Å²) in [4.78, 5) is 19.3. The highest BCUT2D eigenvalue weighted by atomic mass is 32.2. The molecule has 2 heterocycles. The van der Waals surface area contributed by atoms with Crippen molar-refractivity contribution >= 4 is 21.8 Å². The number of carbonyl (C=O) groups is 1. The second-order valence-corrected chi connectivity index (χ2v) is 13.5. The van der Waals surface area contributed by atoms with Gasteiger partial charge in [-0.3, -0.25) is 14.7 Å². The van der Waals surface area contributed by atoms with Gasteiger partial charge in [-0.05, 0) is 74.5 Å². The van der Waals surface area contributed by atoms with Crippen LogP contribution in [-0.4, -0.2) is 79.1 Å². The fraction of sp³-hybridized carbons (Fsp3) is 0.438. The SMILES string of the molecule is C=CCCOc1cc(C2=NC3(CCN(S(=O)(=O)CCc4ccc(C(O)N(C)CC=C)cc4C)CC3)C(=O)N2)cc(C(F)(F)F)c1. The number of rotatable bonds is 13. The summed E-state index contributed by atoms with van der Waals surface area (Å²) in [6.45, 7) is 9.85. The van der Waals surface area contributed by atoms with Gasteiger partial charge in [-0.15, -0.1) is 13.2 Å². The number of amidine groups is 1. The van der Waals surface area contributed by atoms with Gasteiger partial charge in [-0.25, -0.2) is 12.7 Å². The number of nitrogens with one attached hydrogen (secondary N) is 1. The summed E-state index contributed by atoms with van der Waals surface area (Å²) in [5.74, 6) is -0.631. The molecule has 1 amide bonds. The zero-order valence-corrected chi connectivity index (χ0v) is 26.3. The van der Waals surface area contributed by atoms with Crippen molar-refractivity contribution in [1.82, 2.24) is 14.5 Å². The van der Waals surface area contributed by atoms with Crippen LogP contribution < -0.4 is 10.1 Å². The van der Waals surface area contributed by atoms with E-state index in [4.69, 9.17) is 4.74 Å². The molecule has 45 heavy (non-hydrogen) atoms. The predicted octanol–water partition coefficient (Wildman–Crippen LogP) is 4.36. The number of halogens is 3. The molecule has 0 aliphatic carbocycles. The number of likely N-dealkylation sites (N-methyl/N-ethyl adjacent to an activating group) is 1. The van der Waals surface area contributed by atoms with E-state index in [1.165, 1.54) is 10.4 Å². The Labute approximate surface area is 262 Å². The Kier molecular flexibility index (Phi) is 10.6. The molecular formula is C32H39F3N4O5S. The number of alkyl halides is 3. The molecule has 1 atom stereocenters. The van der Waals surface area contributed by atoms with E-state index in [1.807, 2.05) is 19.1 Å². The molecule has 2 aliphatic heterocycles. The smallest absolute Gasteiger partial charge is 0.416 e. The molecule has 0 bridgehead atoms. The largest absolute Gasteiger partial charge is 0.493 e. The molecule has 2 aromatic rings. The molecule has 2 N–H and O–H groups in total. The van der Waals surface area contributed by atoms with Gasteiger partial charge in [-0.1, -0.05) is 30.4 Å². The fourth-order valence-electron chi connectivity index (χ4n) is 5.46. The number of aliphatic hydroxyl groups excluding tert-OH is 1. The molecule has 0 aromatic heterocycles. The standard InChI is InChI=1S/C32H39F3N4O5S/c1-5-7-16-44-27-20-25(19-26(21-27)32(33,34)35)28-36-30(41)31(37-28)11-14-39(15-12-31)45(42,43)17-10-23-8-9-24(18-22(23)3)29(40)38(4)13-6-2/h5-6,8-9,18-21,29,40H,1-2,7,10-17H2,3-4H3,(H,36,37,41). The molecule has 9 nitrogen and oxygen atoms in total. The van der Waals surface area contributed by atoms with E-state index >= 15 is 0 Å². The summed E-state index contributed by atoms with van der Waals surface area (Å²) in [6.07, 6.45) is -1.29. The van der Waals surface area contributed by atoms with Gasteiger partial charge in [0.2, 0.25) is 10.0 Å². The number of hydrogen-bond acceptors (Lipinski definition) is 7. The Balaban J connectivity index is 1.43. The van der Waals surface area contributed by atoms with Crippen LogP contribution in [0.1, 0.15) is 53.3 Å². The van der Waals surface area contributed by atoms with Gasteiger partial charge in [-0.2, -0.15) is 13.2 Å². The van der Waals surface area contributed by atoms with Crippen molar-refractivity contribution < 1.29 is 36.2 Å². The lowest BCUT2D eigenvalue weighted by Crippen LogP contribution is -2.50. The number of hydrogen-bond donors (Lipinski definition) is 2. The fourth-order valence-corrected chi connectivity index (χ4v) is 6.93. The topological polar surface area (TPSA) is 112 Å². The summed E-state index contributed by atoms with van der Waals surface area (Å²) >= 11 is 0. The zero-order valence-electron chi connectivity index (χ0n) is 25.4. The Bertz CT molecular complexity index is 1570. The average Bonchev–Trinajstić information content (AvgIpc) is 3.31. The Morgan fingerprint density at radius 1 is 1.18 bits per heavy atom. The number of aliphatic hydroxyl groups is 1. The highest BCUT2D eigenvalue weighted by Gasteiger charge is 2.47. The number of carbonyl (C=O) groups excluding carboxylic acids is 1. The molecule has 0 radical (unpaired) electrons. The van der Waals surface area contributed by atoms with Crippen LogP contribution >= 0.6 is 0 Å². The van der Waals surface area contributed by atoms with Crippen LogP contribution in [0, 0.1) is 6.92 Å². The third kappa shape index (κ3) is 8.01. The highest BCUT2D eigenvalue weighted by molar-refractivity contribution is 7.89. The summed E-state index contributed by atoms with van der Waals surface area (Å²) in [6, 6.07) is 8.63. The molecule has 4 rings (SSSR count). The number of aliphatic imine (C=N–C) groups is 1. The number of ether oxygens (including phenoxy) is 1. The third-order valence-electron chi connectivity index (χ3n) is 8.15. The van der Waals surface area contributed by atoms with Crippen molar-refractivity contribution in [3.05, 3.63) is 89.5 Å². The third-order valence-corrected chi connectivity index (χ3v) is 10.0. The number of nitrogens with zero attached hydrogens (tertiary/aromatic N) is 3. The lowest BCUT2D eigenvalue weighted by atomic mass is 9.89. The summed E-state index contributed by atoms with van der Waals surface area (Å²) in [7, 11) is -1.90. The van der Waals surface area contributed by atoms with Crippen molar-refractivity contribution in [1.29, 1.82) is 0 Å². The van der Waals surface area contributed by atoms with Gasteiger partial charge < -0.3 is 15.2 Å². The maximum atomic E-state index is 13.6. The lowest BCUT2D eigenvalue weighted by molar-refractivity contribution is -0.137. The van der Waals surface area contributed by atoms with Crippen molar-refractivity contribution in [2.24, 2.45) is 4.99 Å². The van der Waals surface area contributed by atoms with Crippen LogP contribution in [-0.2, 0) is 27.4 Å². The monoisotopic (exact) mass is 648 g/mol. The van der Waals surface area contributed by atoms with Crippen molar-refractivity contribution in [3.8, 4) is 5.75 Å². The van der Waals surface area contributed by atoms with E-state index in [2.05, 4.69) is 23.5 Å². The van der Waals surface area contributed by atoms with E-state index < -0.39 is 39.4 Å². The minimum absolute atomic E-state index is 0.00398. The Morgan fingerprint density at radius 2 is 1.89 bits per heavy atom. The minimum Gasteiger partial charge on any atom is -0.493 e. The molecule has 1 saturated heterocycles. The van der Waals surface area contributed by atoms with E-state index in [9.17, 15) is 31.5 Å². The van der Waals surface area contributed by atoms with E-state index in [0.717, 1.165) is 23.3 Å². The molecule has 1 unspecified atom stereocenters. The highest BCUT2D eigenvalue weighted by Crippen LogP contribution is 2.36. The van der Waals surface area contributed by atoms with Gasteiger partial charge >= 0.3 is 6.18 Å². The van der Waals surface area contributed by atoms with Crippen molar-refractivity contribution in [3.63, 3.8) is 0 Å². The summed E-state index contributed by atoms with van der Waals surface area (Å²) in [5.41, 5.74) is 0.243. The second-order valence-electron chi connectivity index (χ2n) is 11.4. The van der Waals surface area contributed by atoms with Crippen LogP contribution in [0.4, 0.5) is 13.2 Å². The van der Waals surface area contributed by atoms with E-state index in [-0.39, 0.29) is 61.9 Å². The first-order valence-corrected chi connectivity index (χ1v) is 16.2. The summed E-state index contributed by atoms with van der Waals surface area (Å²) < 4.78 is 74.2. The first-order chi connectivity index (χ1) is 21.2. The minimum atomic E-state index is -4.64. The van der Waals surface area contributed by atoms with Gasteiger partial charge in [0.05, 0.1) is 17.9 Å². The van der Waals surface area contributed by atoms with Crippen LogP contribution in [0.15, 0.2) is 66.7 Å². The first-order valence-electron chi connectivity index (χ1n) is 14.6. The molecule has 244 valence electrons. The average molecular weight is 649 g/mol. The van der Waals surface area contributed by atoms with E-state index in [0.29, 0.717) is 18.5 Å². The van der Waals surface area contributed by atoms with Gasteiger partial charge in [0.15, 0.2) is 0 Å². The number of piperidine rings is 1. The lowest BCUT2D eigenvalue weighted by Gasteiger charge is -2.34. The summed E-state index contributed by atoms with van der Waals surface area (Å²) in [5, 5.41) is 13.1. The zero-order chi connectivity index (χ0) is 33.0. The molecule has 0 saturated carbocycles. The first kappa shape index (κ1) is 34.4. The predicted molar refractivity (Wildman–Crippen MR) is 166 cm³/mol. The van der Waals surface area contributed by atoms with Crippen LogP contribution in [0.25, 0.3) is 0 Å². The number of benzene rings is 2. The van der Waals surface area contributed by atoms with Gasteiger partial charge in [0.25, 0.3) is 5.91 Å². The molecule has 13 heteroatoms. The van der Waals surface area contributed by atoms with Crippen LogP contribution in [0.3, 0.4) is 0 Å². The molecular weight excluding hydrogens is 609 g/mol. The maximum absolute atomic E-state index is 13.6. The number of sulfonamides is 1. The van der Waals surface area contributed by atoms with Crippen LogP contribution in [0.2, 0.25) is 0 Å². The molecule has 2 aromatic carbocycles. The Morgan fingerprint density at radius 3 is 2.51 bits per heavy atom.